The van der Waals surface area contributed by atoms with Crippen molar-refractivity contribution in [2.45, 2.75) is 39.0 Å². The molecule has 0 saturated carbocycles. The molecule has 2 amide bonds. The zero-order valence-corrected chi connectivity index (χ0v) is 14.9. The van der Waals surface area contributed by atoms with Crippen LogP contribution in [0.25, 0.3) is 0 Å². The van der Waals surface area contributed by atoms with Crippen molar-refractivity contribution in [3.63, 3.8) is 0 Å². The maximum atomic E-state index is 13.8. The first-order chi connectivity index (χ1) is 12.0. The number of halogens is 1. The molecule has 6 heteroatoms. The smallest absolute Gasteiger partial charge is 0.259 e. The molecule has 0 radical (unpaired) electrons. The predicted molar refractivity (Wildman–Crippen MR) is 97.6 cm³/mol. The Morgan fingerprint density at radius 3 is 2.80 bits per heavy atom. The second-order valence-corrected chi connectivity index (χ2v) is 7.51. The third-order valence-electron chi connectivity index (χ3n) is 4.66. The molecule has 2 aromatic rings. The van der Waals surface area contributed by atoms with Crippen molar-refractivity contribution in [2.75, 3.05) is 5.32 Å². The molecule has 1 unspecified atom stereocenters. The van der Waals surface area contributed by atoms with Crippen molar-refractivity contribution < 1.29 is 14.0 Å². The van der Waals surface area contributed by atoms with Gasteiger partial charge in [0.2, 0.25) is 0 Å². The van der Waals surface area contributed by atoms with Crippen molar-refractivity contribution in [1.82, 2.24) is 0 Å². The molecule has 0 aliphatic heterocycles. The van der Waals surface area contributed by atoms with E-state index in [0.29, 0.717) is 16.5 Å². The number of carbonyl (C=O) groups is 2. The number of amides is 2. The lowest BCUT2D eigenvalue weighted by atomic mass is 9.84. The van der Waals surface area contributed by atoms with Gasteiger partial charge in [-0.2, -0.15) is 0 Å². The van der Waals surface area contributed by atoms with Gasteiger partial charge in [0.15, 0.2) is 0 Å². The van der Waals surface area contributed by atoms with Crippen molar-refractivity contribution in [3.05, 3.63) is 51.7 Å². The number of rotatable bonds is 5. The zero-order valence-electron chi connectivity index (χ0n) is 14.1. The second kappa shape index (κ2) is 7.35. The van der Waals surface area contributed by atoms with Gasteiger partial charge in [-0.15, -0.1) is 11.3 Å². The summed E-state index contributed by atoms with van der Waals surface area (Å²) in [5.41, 5.74) is 6.86. The number of hydrogen-bond acceptors (Lipinski definition) is 3. The van der Waals surface area contributed by atoms with Crippen molar-refractivity contribution in [2.24, 2.45) is 11.7 Å². The number of primary amides is 1. The van der Waals surface area contributed by atoms with Crippen LogP contribution >= 0.6 is 11.3 Å². The number of nitrogens with one attached hydrogen (secondary N) is 1. The van der Waals surface area contributed by atoms with Crippen LogP contribution in [-0.4, -0.2) is 11.8 Å². The first kappa shape index (κ1) is 17.6. The molecule has 4 nitrogen and oxygen atoms in total. The molecule has 25 heavy (non-hydrogen) atoms. The summed E-state index contributed by atoms with van der Waals surface area (Å²) in [5, 5.41) is 3.13. The number of hydrogen-bond donors (Lipinski definition) is 2. The molecule has 0 saturated heterocycles. The largest absolute Gasteiger partial charge is 0.365 e. The number of benzene rings is 1. The molecule has 0 bridgehead atoms. The van der Waals surface area contributed by atoms with Crippen LogP contribution in [0.4, 0.5) is 9.39 Å². The molecule has 1 heterocycles. The number of nitrogens with two attached hydrogens (primary N) is 1. The Hall–Kier alpha value is -2.21. The van der Waals surface area contributed by atoms with E-state index >= 15 is 0 Å². The van der Waals surface area contributed by atoms with Gasteiger partial charge >= 0.3 is 0 Å². The van der Waals surface area contributed by atoms with Crippen LogP contribution in [0.15, 0.2) is 24.3 Å². The highest BCUT2D eigenvalue weighted by Crippen LogP contribution is 2.40. The van der Waals surface area contributed by atoms with E-state index in [9.17, 15) is 14.0 Å². The van der Waals surface area contributed by atoms with E-state index in [4.69, 9.17) is 5.73 Å². The molecule has 0 spiro atoms. The normalized spacial score (nSPS) is 16.3. The number of anilines is 1. The molecule has 1 atom stereocenters. The van der Waals surface area contributed by atoms with Gasteiger partial charge < -0.3 is 11.1 Å². The number of fused-ring (bicyclic) bond motifs is 1. The van der Waals surface area contributed by atoms with Crippen LogP contribution < -0.4 is 11.1 Å². The lowest BCUT2D eigenvalue weighted by Gasteiger charge is -2.21. The van der Waals surface area contributed by atoms with Crippen LogP contribution in [0, 0.1) is 11.7 Å². The molecule has 1 aliphatic rings. The predicted octanol–water partition coefficient (Wildman–Crippen LogP) is 4.14. The Morgan fingerprint density at radius 1 is 1.36 bits per heavy atom. The number of thiophene rings is 1. The minimum atomic E-state index is -0.593. The summed E-state index contributed by atoms with van der Waals surface area (Å²) in [5.74, 6) is -1.10. The Labute approximate surface area is 150 Å². The van der Waals surface area contributed by atoms with E-state index in [0.717, 1.165) is 42.5 Å². The Morgan fingerprint density at radius 2 is 2.12 bits per heavy atom. The third-order valence-corrected chi connectivity index (χ3v) is 5.83. The van der Waals surface area contributed by atoms with Crippen LogP contribution in [-0.2, 0) is 12.8 Å². The average Bonchev–Trinajstić information content (AvgIpc) is 2.92. The average molecular weight is 360 g/mol. The van der Waals surface area contributed by atoms with Gasteiger partial charge in [-0.1, -0.05) is 31.9 Å². The minimum absolute atomic E-state index is 0.0480. The molecule has 1 aliphatic carbocycles. The van der Waals surface area contributed by atoms with Crippen molar-refractivity contribution >= 4 is 28.2 Å². The molecule has 1 aromatic heterocycles. The van der Waals surface area contributed by atoms with E-state index in [2.05, 4.69) is 12.2 Å². The van der Waals surface area contributed by atoms with E-state index in [1.165, 1.54) is 29.5 Å². The summed E-state index contributed by atoms with van der Waals surface area (Å²) in [7, 11) is 0. The van der Waals surface area contributed by atoms with Gasteiger partial charge in [-0.3, -0.25) is 9.59 Å². The summed E-state index contributed by atoms with van der Waals surface area (Å²) < 4.78 is 13.8. The lowest BCUT2D eigenvalue weighted by Crippen LogP contribution is -2.20. The highest BCUT2D eigenvalue weighted by molar-refractivity contribution is 7.17. The van der Waals surface area contributed by atoms with Crippen LogP contribution in [0.1, 0.15) is 57.3 Å². The van der Waals surface area contributed by atoms with Crippen molar-refractivity contribution in [1.29, 1.82) is 0 Å². The van der Waals surface area contributed by atoms with Crippen LogP contribution in [0.5, 0.6) is 0 Å². The lowest BCUT2D eigenvalue weighted by molar-refractivity contribution is 0.1000. The highest BCUT2D eigenvalue weighted by Gasteiger charge is 2.28. The van der Waals surface area contributed by atoms with E-state index < -0.39 is 17.6 Å². The molecular formula is C19H21FN2O2S. The van der Waals surface area contributed by atoms with Gasteiger partial charge in [0.05, 0.1) is 11.1 Å². The maximum absolute atomic E-state index is 13.8. The summed E-state index contributed by atoms with van der Waals surface area (Å²) in [6.45, 7) is 2.17. The summed E-state index contributed by atoms with van der Waals surface area (Å²) in [4.78, 5) is 25.5. The first-order valence-electron chi connectivity index (χ1n) is 8.51. The van der Waals surface area contributed by atoms with Gasteiger partial charge in [-0.25, -0.2) is 4.39 Å². The second-order valence-electron chi connectivity index (χ2n) is 6.40. The van der Waals surface area contributed by atoms with Gasteiger partial charge in [0.1, 0.15) is 10.8 Å². The topological polar surface area (TPSA) is 72.2 Å². The fourth-order valence-corrected chi connectivity index (χ4v) is 4.84. The zero-order chi connectivity index (χ0) is 18.0. The van der Waals surface area contributed by atoms with Gasteiger partial charge in [-0.05, 0) is 42.9 Å². The molecule has 132 valence electrons. The van der Waals surface area contributed by atoms with Gasteiger partial charge in [0.25, 0.3) is 11.8 Å². The molecule has 0 fully saturated rings. The van der Waals surface area contributed by atoms with E-state index in [1.54, 1.807) is 6.07 Å². The van der Waals surface area contributed by atoms with Gasteiger partial charge in [0, 0.05) is 4.88 Å². The Balaban J connectivity index is 1.90. The van der Waals surface area contributed by atoms with E-state index in [1.807, 2.05) is 0 Å². The third kappa shape index (κ3) is 3.58. The summed E-state index contributed by atoms with van der Waals surface area (Å²) in [6.07, 6.45) is 5.01. The Bertz CT molecular complexity index is 816. The first-order valence-corrected chi connectivity index (χ1v) is 9.33. The minimum Gasteiger partial charge on any atom is -0.365 e. The standard InChI is InChI=1S/C19H21FN2O2S/c1-2-5-11-8-9-13-15(10-11)25-19(16(13)17(21)23)22-18(24)12-6-3-4-7-14(12)20/h3-4,6-7,11H,2,5,8-10H2,1H3,(H2,21,23)(H,22,24). The molecule has 1 aromatic carbocycles. The molecule has 3 rings (SSSR count). The van der Waals surface area contributed by atoms with E-state index in [-0.39, 0.29) is 5.56 Å². The fraction of sp³-hybridized carbons (Fsp3) is 0.368. The SMILES string of the molecule is CCCC1CCc2c(sc(NC(=O)c3ccccc3F)c2C(N)=O)C1. The highest BCUT2D eigenvalue weighted by atomic mass is 32.1. The summed E-state index contributed by atoms with van der Waals surface area (Å²) in [6, 6.07) is 5.78. The van der Waals surface area contributed by atoms with Crippen molar-refractivity contribution in [3.8, 4) is 0 Å². The maximum Gasteiger partial charge on any atom is 0.259 e. The summed E-state index contributed by atoms with van der Waals surface area (Å²) >= 11 is 1.39. The monoisotopic (exact) mass is 360 g/mol. The van der Waals surface area contributed by atoms with Crippen LogP contribution in [0.2, 0.25) is 0 Å². The fourth-order valence-electron chi connectivity index (χ4n) is 3.47. The number of carbonyl (C=O) groups excluding carboxylic acids is 2. The molecule has 3 N–H and O–H groups in total. The Kier molecular flexibility index (Phi) is 5.18. The quantitative estimate of drug-likeness (QED) is 0.841. The molecular weight excluding hydrogens is 339 g/mol. The van der Waals surface area contributed by atoms with Crippen LogP contribution in [0.3, 0.4) is 0 Å².